The molecule has 0 N–H and O–H groups in total. The Morgan fingerprint density at radius 1 is 1.00 bits per heavy atom. The summed E-state index contributed by atoms with van der Waals surface area (Å²) in [6, 6.07) is 4.01. The van der Waals surface area contributed by atoms with Gasteiger partial charge in [-0.15, -0.1) is 0 Å². The minimum atomic E-state index is -0.741. The summed E-state index contributed by atoms with van der Waals surface area (Å²) in [6.07, 6.45) is 1.25. The van der Waals surface area contributed by atoms with Crippen molar-refractivity contribution in [3.63, 3.8) is 0 Å². The first-order valence-electron chi connectivity index (χ1n) is 9.88. The topological polar surface area (TPSA) is 60.4 Å². The van der Waals surface area contributed by atoms with Crippen LogP contribution in [-0.2, 0) is 14.1 Å². The molecule has 0 radical (unpaired) electrons. The lowest BCUT2D eigenvalue weighted by Gasteiger charge is -2.26. The molecule has 158 valence electrons. The van der Waals surface area contributed by atoms with Gasteiger partial charge in [0.15, 0.2) is 5.78 Å². The number of hydrogen-bond donors (Lipinski definition) is 0. The molecule has 0 heterocycles. The van der Waals surface area contributed by atoms with Crippen molar-refractivity contribution in [2.24, 2.45) is 17.3 Å². The lowest BCUT2D eigenvalue weighted by molar-refractivity contribution is -0.151. The number of Topliss-reactive ketones (excluding diaryl/α,β-unsaturated/α-hetero) is 1. The second kappa shape index (κ2) is 11.5. The number of carbonyl (C=O) groups excluding carboxylic acids is 2. The first-order valence-corrected chi connectivity index (χ1v) is 10.3. The Bertz CT molecular complexity index is 651. The molecule has 1 aromatic rings. The third-order valence-corrected chi connectivity index (χ3v) is 4.48. The van der Waals surface area contributed by atoms with E-state index in [9.17, 15) is 9.59 Å². The third kappa shape index (κ3) is 8.65. The zero-order chi connectivity index (χ0) is 22.2. The molecule has 3 atom stereocenters. The van der Waals surface area contributed by atoms with Gasteiger partial charge in [-0.2, -0.15) is 0 Å². The average molecular weight is 410 g/mol. The largest absolute Gasteiger partial charge is 0.462 e. The van der Waals surface area contributed by atoms with Gasteiger partial charge in [0.1, 0.15) is 5.92 Å². The van der Waals surface area contributed by atoms with E-state index in [4.69, 9.17) is 9.30 Å². The predicted octanol–water partition coefficient (Wildman–Crippen LogP) is 6.03. The Kier molecular flexibility index (Phi) is 10.8. The summed E-state index contributed by atoms with van der Waals surface area (Å²) in [4.78, 5) is 26.0. The summed E-state index contributed by atoms with van der Waals surface area (Å²) in [5.74, 6) is -0.985. The first-order chi connectivity index (χ1) is 12.8. The Labute approximate surface area is 173 Å². The molecule has 28 heavy (non-hydrogen) atoms. The van der Waals surface area contributed by atoms with Crippen LogP contribution in [0.3, 0.4) is 0 Å². The Hall–Kier alpha value is -1.54. The minimum Gasteiger partial charge on any atom is -0.462 e. The number of carbonyl (C=O) groups is 2. The zero-order valence-corrected chi connectivity index (χ0v) is 20.2. The van der Waals surface area contributed by atoms with E-state index in [1.807, 2.05) is 46.8 Å². The maximum atomic E-state index is 13.3. The molecule has 0 saturated heterocycles. The number of aryl methyl sites for hydroxylation is 3. The number of ketones is 1. The van der Waals surface area contributed by atoms with Crippen molar-refractivity contribution < 1.29 is 18.9 Å². The van der Waals surface area contributed by atoms with Crippen LogP contribution in [0.2, 0.25) is 0 Å². The van der Waals surface area contributed by atoms with Gasteiger partial charge < -0.3 is 4.74 Å². The van der Waals surface area contributed by atoms with Gasteiger partial charge >= 0.3 is 15.1 Å². The van der Waals surface area contributed by atoms with E-state index in [2.05, 4.69) is 27.7 Å². The maximum Gasteiger partial charge on any atom is 0.317 e. The Morgan fingerprint density at radius 2 is 1.46 bits per heavy atom. The summed E-state index contributed by atoms with van der Waals surface area (Å²) in [5.41, 5.74) is 3.81. The summed E-state index contributed by atoms with van der Waals surface area (Å²) < 4.78 is 13.6. The lowest BCUT2D eigenvalue weighted by atomic mass is 9.79. The van der Waals surface area contributed by atoms with Crippen LogP contribution >= 0.6 is 9.12 Å². The predicted molar refractivity (Wildman–Crippen MR) is 118 cm³/mol. The lowest BCUT2D eigenvalue weighted by Crippen LogP contribution is -2.31. The highest BCUT2D eigenvalue weighted by Crippen LogP contribution is 2.31. The molecular weight excluding hydrogens is 371 g/mol. The number of ether oxygens (including phenoxy) is 1. The van der Waals surface area contributed by atoms with Crippen molar-refractivity contribution in [3.8, 4) is 0 Å². The second-order valence-corrected chi connectivity index (χ2v) is 9.28. The van der Waals surface area contributed by atoms with Gasteiger partial charge in [-0.05, 0) is 69.9 Å². The average Bonchev–Trinajstić information content (AvgIpc) is 2.50. The number of esters is 1. The normalized spacial score (nSPS) is 13.4. The second-order valence-electron chi connectivity index (χ2n) is 9.28. The van der Waals surface area contributed by atoms with Gasteiger partial charge in [0.05, 0.1) is 6.10 Å². The smallest absolute Gasteiger partial charge is 0.317 e. The molecule has 4 nitrogen and oxygen atoms in total. The van der Waals surface area contributed by atoms with Crippen molar-refractivity contribution >= 4 is 20.9 Å². The number of hydrogen-bond acceptors (Lipinski definition) is 4. The van der Waals surface area contributed by atoms with Crippen LogP contribution in [0.15, 0.2) is 12.1 Å². The highest BCUT2D eigenvalue weighted by molar-refractivity contribution is 7.00. The molecule has 0 aromatic heterocycles. The fourth-order valence-corrected chi connectivity index (χ4v) is 3.90. The highest BCUT2D eigenvalue weighted by atomic mass is 31.0. The van der Waals surface area contributed by atoms with Crippen LogP contribution < -0.4 is 0 Å². The van der Waals surface area contributed by atoms with E-state index in [0.29, 0.717) is 12.0 Å². The van der Waals surface area contributed by atoms with Gasteiger partial charge in [-0.25, -0.2) is 0 Å². The van der Waals surface area contributed by atoms with Crippen LogP contribution in [0.5, 0.6) is 0 Å². The fourth-order valence-electron chi connectivity index (χ4n) is 3.90. The summed E-state index contributed by atoms with van der Waals surface area (Å²) >= 11 is 0. The van der Waals surface area contributed by atoms with Gasteiger partial charge in [0, 0.05) is 5.56 Å². The van der Waals surface area contributed by atoms with E-state index < -0.39 is 11.9 Å². The van der Waals surface area contributed by atoms with Crippen LogP contribution in [0.25, 0.3) is 0 Å². The molecule has 3 unspecified atom stereocenters. The molecule has 1 aromatic carbocycles. The number of benzene rings is 1. The molecule has 0 spiro atoms. The molecule has 1 rings (SSSR count). The summed E-state index contributed by atoms with van der Waals surface area (Å²) in [7, 11) is 1.17. The maximum absolute atomic E-state index is 13.3. The standard InChI is InChI=1S/C23H36O3.H2OP/c1-14(2)26-22(25)19(12-16(4)13-23(7,8)9)21(24)20-17(5)10-15(3)11-18(20)6;1-2/h10-11,14,16,19H,12-13H2,1-9H3;2H2/q;+1. The molecular formula is C23H38O4P+. The van der Waals surface area contributed by atoms with E-state index in [0.717, 1.165) is 23.1 Å². The van der Waals surface area contributed by atoms with Crippen molar-refractivity contribution in [2.75, 3.05) is 0 Å². The van der Waals surface area contributed by atoms with Crippen molar-refractivity contribution in [1.29, 1.82) is 0 Å². The molecule has 0 bridgehead atoms. The molecule has 0 aliphatic carbocycles. The fraction of sp³-hybridized carbons (Fsp3) is 0.652. The summed E-state index contributed by atoms with van der Waals surface area (Å²) in [6.45, 7) is 18.2. The molecule has 0 fully saturated rings. The van der Waals surface area contributed by atoms with E-state index in [1.165, 1.54) is 9.12 Å². The molecule has 0 aliphatic heterocycles. The molecule has 0 saturated carbocycles. The van der Waals surface area contributed by atoms with E-state index in [-0.39, 0.29) is 23.2 Å². The van der Waals surface area contributed by atoms with E-state index >= 15 is 0 Å². The first kappa shape index (κ1) is 26.5. The van der Waals surface area contributed by atoms with Crippen LogP contribution in [0, 0.1) is 38.0 Å². The van der Waals surface area contributed by atoms with Crippen LogP contribution in [0.1, 0.15) is 81.4 Å². The molecule has 5 heteroatoms. The quantitative estimate of drug-likeness (QED) is 0.239. The minimum absolute atomic E-state index is 0.105. The number of rotatable bonds is 7. The van der Waals surface area contributed by atoms with Gasteiger partial charge in [0.25, 0.3) is 0 Å². The highest BCUT2D eigenvalue weighted by Gasteiger charge is 2.33. The Morgan fingerprint density at radius 3 is 1.86 bits per heavy atom. The third-order valence-electron chi connectivity index (χ3n) is 4.48. The van der Waals surface area contributed by atoms with E-state index in [1.54, 1.807) is 0 Å². The SMILES string of the molecule is Cc1cc(C)c(C(=O)C(CC(C)CC(C)(C)C)C(=O)OC(C)C)c(C)c1.O=[PH2+]. The van der Waals surface area contributed by atoms with Gasteiger partial charge in [-0.1, -0.05) is 50.0 Å². The monoisotopic (exact) mass is 409 g/mol. The van der Waals surface area contributed by atoms with Gasteiger partial charge in [0.2, 0.25) is 0 Å². The van der Waals surface area contributed by atoms with Crippen molar-refractivity contribution in [3.05, 3.63) is 34.4 Å². The summed E-state index contributed by atoms with van der Waals surface area (Å²) in [5, 5.41) is 0. The zero-order valence-electron chi connectivity index (χ0n) is 19.0. The van der Waals surface area contributed by atoms with Crippen LogP contribution in [0.4, 0.5) is 0 Å². The molecule has 0 amide bonds. The van der Waals surface area contributed by atoms with Crippen LogP contribution in [-0.4, -0.2) is 17.9 Å². The molecule has 0 aliphatic rings. The Balaban J connectivity index is 0.00000352. The van der Waals surface area contributed by atoms with Gasteiger partial charge in [-0.3, -0.25) is 9.59 Å². The van der Waals surface area contributed by atoms with Crippen molar-refractivity contribution in [2.45, 2.75) is 81.3 Å². The van der Waals surface area contributed by atoms with Crippen molar-refractivity contribution in [1.82, 2.24) is 0 Å².